The predicted molar refractivity (Wildman–Crippen MR) is 121 cm³/mol. The van der Waals surface area contributed by atoms with Crippen molar-refractivity contribution in [2.75, 3.05) is 20.1 Å². The molecule has 0 radical (unpaired) electrons. The molecule has 2 heterocycles. The molecule has 0 bridgehead atoms. The first-order chi connectivity index (χ1) is 15.0. The highest BCUT2D eigenvalue weighted by Gasteiger charge is 2.21. The Labute approximate surface area is 182 Å². The van der Waals surface area contributed by atoms with Crippen molar-refractivity contribution < 1.29 is 14.0 Å². The van der Waals surface area contributed by atoms with Gasteiger partial charge in [-0.05, 0) is 56.0 Å². The summed E-state index contributed by atoms with van der Waals surface area (Å²) < 4.78 is 5.89. The average molecular weight is 420 g/mol. The van der Waals surface area contributed by atoms with Gasteiger partial charge in [0.25, 0.3) is 5.91 Å². The van der Waals surface area contributed by atoms with E-state index in [1.54, 1.807) is 11.9 Å². The van der Waals surface area contributed by atoms with E-state index in [0.29, 0.717) is 12.1 Å². The number of nitrogens with zero attached hydrogens (tertiary/aromatic N) is 2. The van der Waals surface area contributed by atoms with Crippen LogP contribution in [0, 0.1) is 0 Å². The Morgan fingerprint density at radius 1 is 1.06 bits per heavy atom. The molecule has 3 aromatic rings. The van der Waals surface area contributed by atoms with Crippen LogP contribution in [0.5, 0.6) is 0 Å². The minimum atomic E-state index is -0.197. The van der Waals surface area contributed by atoms with Crippen molar-refractivity contribution in [3.8, 4) is 0 Å². The van der Waals surface area contributed by atoms with Crippen LogP contribution in [0.2, 0.25) is 0 Å². The lowest BCUT2D eigenvalue weighted by molar-refractivity contribution is 0.0724. The van der Waals surface area contributed by atoms with E-state index >= 15 is 0 Å². The predicted octanol–water partition coefficient (Wildman–Crippen LogP) is 4.96. The van der Waals surface area contributed by atoms with Crippen molar-refractivity contribution in [1.29, 1.82) is 0 Å². The van der Waals surface area contributed by atoms with Crippen molar-refractivity contribution in [3.05, 3.63) is 71.5 Å². The number of furan rings is 1. The van der Waals surface area contributed by atoms with Crippen LogP contribution in [0.4, 0.5) is 4.79 Å². The molecule has 0 aliphatic carbocycles. The Hall–Kier alpha value is -3.28. The van der Waals surface area contributed by atoms with Crippen LogP contribution in [0.25, 0.3) is 11.0 Å². The molecule has 31 heavy (non-hydrogen) atoms. The average Bonchev–Trinajstić information content (AvgIpc) is 3.26. The molecule has 1 atom stereocenters. The maximum absolute atomic E-state index is 12.6. The van der Waals surface area contributed by atoms with E-state index in [1.165, 1.54) is 6.42 Å². The maximum Gasteiger partial charge on any atom is 0.318 e. The third-order valence-corrected chi connectivity index (χ3v) is 6.05. The maximum atomic E-state index is 12.6. The first-order valence-electron chi connectivity index (χ1n) is 10.9. The van der Waals surface area contributed by atoms with Gasteiger partial charge >= 0.3 is 6.03 Å². The highest BCUT2D eigenvalue weighted by atomic mass is 16.3. The summed E-state index contributed by atoms with van der Waals surface area (Å²) in [6.45, 7) is 4.02. The first-order valence-corrected chi connectivity index (χ1v) is 10.9. The number of para-hydroxylation sites is 1. The zero-order valence-corrected chi connectivity index (χ0v) is 18.1. The number of carbonyl (C=O) groups is 2. The molecule has 4 rings (SSSR count). The van der Waals surface area contributed by atoms with Gasteiger partial charge in [0.2, 0.25) is 0 Å². The highest BCUT2D eigenvalue weighted by molar-refractivity contribution is 5.94. The van der Waals surface area contributed by atoms with Crippen LogP contribution >= 0.6 is 0 Å². The third kappa shape index (κ3) is 4.74. The molecule has 0 saturated carbocycles. The van der Waals surface area contributed by atoms with Gasteiger partial charge in [-0.3, -0.25) is 4.79 Å². The van der Waals surface area contributed by atoms with Crippen LogP contribution in [-0.2, 0) is 6.54 Å². The van der Waals surface area contributed by atoms with Gasteiger partial charge in [-0.15, -0.1) is 0 Å². The Morgan fingerprint density at radius 2 is 1.77 bits per heavy atom. The summed E-state index contributed by atoms with van der Waals surface area (Å²) in [7, 11) is 1.76. The molecular weight excluding hydrogens is 390 g/mol. The number of urea groups is 1. The van der Waals surface area contributed by atoms with Gasteiger partial charge in [-0.25, -0.2) is 4.79 Å². The second-order valence-corrected chi connectivity index (χ2v) is 8.18. The molecule has 1 N–H and O–H groups in total. The van der Waals surface area contributed by atoms with Gasteiger partial charge in [-0.1, -0.05) is 30.3 Å². The lowest BCUT2D eigenvalue weighted by atomic mass is 10.1. The van der Waals surface area contributed by atoms with Crippen LogP contribution in [-0.4, -0.2) is 41.9 Å². The lowest BCUT2D eigenvalue weighted by Gasteiger charge is -2.26. The summed E-state index contributed by atoms with van der Waals surface area (Å²) in [6.07, 6.45) is 3.36. The van der Waals surface area contributed by atoms with Gasteiger partial charge in [0.1, 0.15) is 11.3 Å². The van der Waals surface area contributed by atoms with E-state index in [-0.39, 0.29) is 18.0 Å². The second kappa shape index (κ2) is 9.25. The molecule has 6 heteroatoms. The van der Waals surface area contributed by atoms with E-state index in [4.69, 9.17) is 4.42 Å². The van der Waals surface area contributed by atoms with E-state index in [1.807, 2.05) is 66.4 Å². The highest BCUT2D eigenvalue weighted by Crippen LogP contribution is 2.26. The normalized spacial score (nSPS) is 15.0. The standard InChI is InChI=1S/C25H29N3O3/c1-18(23-16-21-8-4-5-9-22(21)31-23)27(2)25(30)26-17-19-10-12-20(13-11-19)24(29)28-14-6-3-7-15-28/h4-5,8-13,16,18H,3,6-7,14-15,17H2,1-2H3,(H,26,30). The number of amides is 3. The number of piperidine rings is 1. The summed E-state index contributed by atoms with van der Waals surface area (Å²) in [6, 6.07) is 16.9. The monoisotopic (exact) mass is 419 g/mol. The number of hydrogen-bond donors (Lipinski definition) is 1. The molecule has 1 aliphatic heterocycles. The smallest absolute Gasteiger partial charge is 0.318 e. The van der Waals surface area contributed by atoms with Crippen molar-refractivity contribution in [3.63, 3.8) is 0 Å². The lowest BCUT2D eigenvalue weighted by Crippen LogP contribution is -2.38. The Morgan fingerprint density at radius 3 is 2.48 bits per heavy atom. The molecule has 2 aromatic carbocycles. The van der Waals surface area contributed by atoms with E-state index in [9.17, 15) is 9.59 Å². The number of hydrogen-bond acceptors (Lipinski definition) is 3. The molecule has 1 fully saturated rings. The number of benzene rings is 2. The van der Waals surface area contributed by atoms with Crippen molar-refractivity contribution in [2.24, 2.45) is 0 Å². The Balaban J connectivity index is 1.32. The third-order valence-electron chi connectivity index (χ3n) is 6.05. The number of carbonyl (C=O) groups excluding carboxylic acids is 2. The summed E-state index contributed by atoms with van der Waals surface area (Å²) >= 11 is 0. The van der Waals surface area contributed by atoms with E-state index in [0.717, 1.165) is 48.2 Å². The fraction of sp³-hybridized carbons (Fsp3) is 0.360. The minimum absolute atomic E-state index is 0.0923. The van der Waals surface area contributed by atoms with Crippen LogP contribution in [0.3, 0.4) is 0 Å². The Kier molecular flexibility index (Phi) is 6.26. The van der Waals surface area contributed by atoms with E-state index in [2.05, 4.69) is 5.32 Å². The molecule has 1 aliphatic rings. The zero-order valence-electron chi connectivity index (χ0n) is 18.1. The number of nitrogens with one attached hydrogen (secondary N) is 1. The molecule has 162 valence electrons. The fourth-order valence-electron chi connectivity index (χ4n) is 3.92. The molecule has 1 unspecified atom stereocenters. The zero-order chi connectivity index (χ0) is 21.8. The van der Waals surface area contributed by atoms with Gasteiger partial charge in [0.05, 0.1) is 6.04 Å². The van der Waals surface area contributed by atoms with Gasteiger partial charge in [0, 0.05) is 37.6 Å². The van der Waals surface area contributed by atoms with Crippen molar-refractivity contribution >= 4 is 22.9 Å². The van der Waals surface area contributed by atoms with Crippen molar-refractivity contribution in [2.45, 2.75) is 38.8 Å². The molecule has 0 spiro atoms. The summed E-state index contributed by atoms with van der Waals surface area (Å²) in [5, 5.41) is 3.97. The SMILES string of the molecule is CC(c1cc2ccccc2o1)N(C)C(=O)NCc1ccc(C(=O)N2CCCCC2)cc1. The minimum Gasteiger partial charge on any atom is -0.459 e. The Bertz CT molecular complexity index is 1020. The summed E-state index contributed by atoms with van der Waals surface area (Å²) in [4.78, 5) is 28.8. The van der Waals surface area contributed by atoms with Crippen LogP contribution in [0.15, 0.2) is 59.0 Å². The molecule has 1 saturated heterocycles. The summed E-state index contributed by atoms with van der Waals surface area (Å²) in [5.74, 6) is 0.842. The van der Waals surface area contributed by atoms with Gasteiger partial charge < -0.3 is 19.5 Å². The number of rotatable bonds is 5. The van der Waals surface area contributed by atoms with Crippen LogP contribution < -0.4 is 5.32 Å². The molecular formula is C25H29N3O3. The molecule has 6 nitrogen and oxygen atoms in total. The second-order valence-electron chi connectivity index (χ2n) is 8.18. The summed E-state index contributed by atoms with van der Waals surface area (Å²) in [5.41, 5.74) is 2.47. The van der Waals surface area contributed by atoms with E-state index < -0.39 is 0 Å². The topological polar surface area (TPSA) is 65.8 Å². The molecule has 3 amide bonds. The molecule has 1 aromatic heterocycles. The van der Waals surface area contributed by atoms with Crippen LogP contribution in [0.1, 0.15) is 53.9 Å². The quantitative estimate of drug-likeness (QED) is 0.636. The largest absolute Gasteiger partial charge is 0.459 e. The first kappa shape index (κ1) is 21.0. The number of likely N-dealkylation sites (tertiary alicyclic amines) is 1. The fourth-order valence-corrected chi connectivity index (χ4v) is 3.92. The van der Waals surface area contributed by atoms with Gasteiger partial charge in [-0.2, -0.15) is 0 Å². The van der Waals surface area contributed by atoms with Crippen molar-refractivity contribution in [1.82, 2.24) is 15.1 Å². The van der Waals surface area contributed by atoms with Gasteiger partial charge in [0.15, 0.2) is 0 Å². The number of fused-ring (bicyclic) bond motifs is 1.